The summed E-state index contributed by atoms with van der Waals surface area (Å²) in [5.41, 5.74) is -1.35. The highest BCUT2D eigenvalue weighted by Crippen LogP contribution is 2.25. The molecule has 0 spiro atoms. The van der Waals surface area contributed by atoms with Gasteiger partial charge in [-0.3, -0.25) is 0 Å². The van der Waals surface area contributed by atoms with Gasteiger partial charge in [-0.25, -0.2) is 9.59 Å². The van der Waals surface area contributed by atoms with Crippen LogP contribution < -0.4 is 5.32 Å². The zero-order valence-electron chi connectivity index (χ0n) is 11.7. The Morgan fingerprint density at radius 2 is 1.85 bits per heavy atom. The molecule has 0 aliphatic rings. The van der Waals surface area contributed by atoms with Crippen LogP contribution in [0.2, 0.25) is 0 Å². The second-order valence-corrected chi connectivity index (χ2v) is 4.20. The number of allylic oxidation sites excluding steroid dienone is 1. The first kappa shape index (κ1) is 18.3. The van der Waals surface area contributed by atoms with Gasteiger partial charge < -0.3 is 14.8 Å². The molecule has 0 aliphatic carbocycles. The Bertz CT molecular complexity index is 377. The first-order chi connectivity index (χ1) is 9.13. The van der Waals surface area contributed by atoms with Crippen molar-refractivity contribution >= 4 is 11.9 Å². The molecule has 0 fully saturated rings. The summed E-state index contributed by atoms with van der Waals surface area (Å²) in [5.74, 6) is -2.45. The molecule has 0 rings (SSSR count). The van der Waals surface area contributed by atoms with E-state index in [9.17, 15) is 22.8 Å². The highest BCUT2D eigenvalue weighted by Gasteiger charge is 2.38. The number of ether oxygens (including phenoxy) is 2. The summed E-state index contributed by atoms with van der Waals surface area (Å²) in [6, 6.07) is -1.22. The normalized spacial score (nSPS) is 13.9. The standard InChI is InChI=1S/C12H18F3NO4/c1-5-20-11(18)10(7(2)3)16-8(12(13,14)15)6-9(17)19-4/h6-7,10,16H,5H2,1-4H3/b8-6+/t10-/m0/s1. The first-order valence-electron chi connectivity index (χ1n) is 5.93. The maximum Gasteiger partial charge on any atom is 0.431 e. The number of methoxy groups -OCH3 is 1. The molecule has 8 heteroatoms. The third-order valence-corrected chi connectivity index (χ3v) is 2.29. The third-order valence-electron chi connectivity index (χ3n) is 2.29. The zero-order chi connectivity index (χ0) is 15.9. The average molecular weight is 297 g/mol. The maximum atomic E-state index is 12.8. The number of nitrogens with one attached hydrogen (secondary N) is 1. The summed E-state index contributed by atoms with van der Waals surface area (Å²) in [7, 11) is 0.956. The van der Waals surface area contributed by atoms with Gasteiger partial charge in [-0.15, -0.1) is 0 Å². The molecule has 0 heterocycles. The number of rotatable bonds is 6. The van der Waals surface area contributed by atoms with E-state index in [2.05, 4.69) is 4.74 Å². The summed E-state index contributed by atoms with van der Waals surface area (Å²) in [6.07, 6.45) is -4.55. The van der Waals surface area contributed by atoms with E-state index in [1.165, 1.54) is 0 Å². The van der Waals surface area contributed by atoms with Crippen LogP contribution in [0.15, 0.2) is 11.8 Å². The van der Waals surface area contributed by atoms with Crippen molar-refractivity contribution in [3.05, 3.63) is 11.8 Å². The van der Waals surface area contributed by atoms with E-state index in [4.69, 9.17) is 4.74 Å². The second kappa shape index (κ2) is 7.76. The van der Waals surface area contributed by atoms with E-state index < -0.39 is 35.8 Å². The largest absolute Gasteiger partial charge is 0.466 e. The molecule has 0 aromatic heterocycles. The van der Waals surface area contributed by atoms with Crippen molar-refractivity contribution in [2.45, 2.75) is 33.0 Å². The topological polar surface area (TPSA) is 64.6 Å². The predicted molar refractivity (Wildman–Crippen MR) is 64.5 cm³/mol. The number of esters is 2. The highest BCUT2D eigenvalue weighted by atomic mass is 19.4. The van der Waals surface area contributed by atoms with Gasteiger partial charge in [0.15, 0.2) is 0 Å². The van der Waals surface area contributed by atoms with Crippen LogP contribution in [0, 0.1) is 5.92 Å². The lowest BCUT2D eigenvalue weighted by Crippen LogP contribution is -2.45. The van der Waals surface area contributed by atoms with Crippen LogP contribution >= 0.6 is 0 Å². The fourth-order valence-electron chi connectivity index (χ4n) is 1.28. The summed E-state index contributed by atoms with van der Waals surface area (Å²) in [4.78, 5) is 22.6. The number of alkyl halides is 3. The molecular weight excluding hydrogens is 279 g/mol. The minimum Gasteiger partial charge on any atom is -0.466 e. The maximum absolute atomic E-state index is 12.8. The van der Waals surface area contributed by atoms with Crippen molar-refractivity contribution in [2.24, 2.45) is 5.92 Å². The van der Waals surface area contributed by atoms with E-state index >= 15 is 0 Å². The molecule has 0 aromatic carbocycles. The Morgan fingerprint density at radius 3 is 2.20 bits per heavy atom. The van der Waals surface area contributed by atoms with Crippen LogP contribution in [-0.2, 0) is 19.1 Å². The molecule has 0 aliphatic heterocycles. The molecule has 0 saturated carbocycles. The van der Waals surface area contributed by atoms with Crippen LogP contribution in [0.25, 0.3) is 0 Å². The quantitative estimate of drug-likeness (QED) is 0.598. The number of halogens is 3. The van der Waals surface area contributed by atoms with E-state index in [1.807, 2.05) is 5.32 Å². The van der Waals surface area contributed by atoms with Crippen molar-refractivity contribution in [1.29, 1.82) is 0 Å². The molecule has 0 saturated heterocycles. The zero-order valence-corrected chi connectivity index (χ0v) is 11.7. The van der Waals surface area contributed by atoms with Gasteiger partial charge >= 0.3 is 18.1 Å². The van der Waals surface area contributed by atoms with Crippen molar-refractivity contribution in [1.82, 2.24) is 5.32 Å². The van der Waals surface area contributed by atoms with Gasteiger partial charge in [-0.05, 0) is 12.8 Å². The van der Waals surface area contributed by atoms with Gasteiger partial charge in [-0.1, -0.05) is 13.8 Å². The molecule has 0 bridgehead atoms. The molecule has 20 heavy (non-hydrogen) atoms. The molecule has 0 amide bonds. The van der Waals surface area contributed by atoms with E-state index in [0.717, 1.165) is 7.11 Å². The average Bonchev–Trinajstić information content (AvgIpc) is 2.32. The summed E-state index contributed by atoms with van der Waals surface area (Å²) in [5, 5.41) is 2.00. The van der Waals surface area contributed by atoms with Gasteiger partial charge in [-0.2, -0.15) is 13.2 Å². The van der Waals surface area contributed by atoms with Gasteiger partial charge in [0, 0.05) is 0 Å². The lowest BCUT2D eigenvalue weighted by molar-refractivity contribution is -0.148. The fourth-order valence-corrected chi connectivity index (χ4v) is 1.28. The summed E-state index contributed by atoms with van der Waals surface area (Å²) >= 11 is 0. The van der Waals surface area contributed by atoms with Crippen molar-refractivity contribution in [3.63, 3.8) is 0 Å². The minimum atomic E-state index is -4.81. The predicted octanol–water partition coefficient (Wildman–Crippen LogP) is 1.78. The molecule has 0 unspecified atom stereocenters. The summed E-state index contributed by atoms with van der Waals surface area (Å²) < 4.78 is 47.2. The van der Waals surface area contributed by atoms with Gasteiger partial charge in [0.05, 0.1) is 19.8 Å². The van der Waals surface area contributed by atoms with E-state index in [0.29, 0.717) is 0 Å². The van der Waals surface area contributed by atoms with Crippen LogP contribution in [0.3, 0.4) is 0 Å². The van der Waals surface area contributed by atoms with Crippen LogP contribution in [0.5, 0.6) is 0 Å². The Hall–Kier alpha value is -1.73. The Morgan fingerprint density at radius 1 is 1.30 bits per heavy atom. The van der Waals surface area contributed by atoms with Crippen LogP contribution in [0.1, 0.15) is 20.8 Å². The minimum absolute atomic E-state index is 0.0474. The van der Waals surface area contributed by atoms with Crippen molar-refractivity contribution < 1.29 is 32.2 Å². The highest BCUT2D eigenvalue weighted by molar-refractivity contribution is 5.83. The van der Waals surface area contributed by atoms with Crippen molar-refractivity contribution in [3.8, 4) is 0 Å². The lowest BCUT2D eigenvalue weighted by Gasteiger charge is -2.24. The number of carbonyl (C=O) groups excluding carboxylic acids is 2. The van der Waals surface area contributed by atoms with Gasteiger partial charge in [0.1, 0.15) is 11.7 Å². The molecule has 1 N–H and O–H groups in total. The Balaban J connectivity index is 5.25. The molecule has 116 valence electrons. The van der Waals surface area contributed by atoms with Crippen molar-refractivity contribution in [2.75, 3.05) is 13.7 Å². The second-order valence-electron chi connectivity index (χ2n) is 4.20. The third kappa shape index (κ3) is 5.94. The number of carbonyl (C=O) groups is 2. The molecule has 0 radical (unpaired) electrons. The van der Waals surface area contributed by atoms with E-state index in [1.54, 1.807) is 20.8 Å². The summed E-state index contributed by atoms with van der Waals surface area (Å²) in [6.45, 7) is 4.71. The van der Waals surface area contributed by atoms with Gasteiger partial charge in [0.25, 0.3) is 0 Å². The Kier molecular flexibility index (Phi) is 7.09. The number of hydrogen-bond acceptors (Lipinski definition) is 5. The SMILES string of the molecule is CCOC(=O)[C@@H](N/C(=C/C(=O)OC)C(F)(F)F)C(C)C. The van der Waals surface area contributed by atoms with Crippen LogP contribution in [0.4, 0.5) is 13.2 Å². The Labute approximate surface area is 115 Å². The van der Waals surface area contributed by atoms with E-state index in [-0.39, 0.29) is 12.7 Å². The van der Waals surface area contributed by atoms with Gasteiger partial charge in [0.2, 0.25) is 0 Å². The molecule has 1 atom stereocenters. The first-order valence-corrected chi connectivity index (χ1v) is 5.93. The van der Waals surface area contributed by atoms with Crippen LogP contribution in [-0.4, -0.2) is 37.9 Å². The lowest BCUT2D eigenvalue weighted by atomic mass is 10.0. The molecule has 5 nitrogen and oxygen atoms in total. The number of hydrogen-bond donors (Lipinski definition) is 1. The molecule has 0 aromatic rings. The molecular formula is C12H18F3NO4. The smallest absolute Gasteiger partial charge is 0.431 e. The monoisotopic (exact) mass is 297 g/mol. The fraction of sp³-hybridized carbons (Fsp3) is 0.667.